The first-order chi connectivity index (χ1) is 19.6. The molecule has 7 heteroatoms. The zero-order valence-electron chi connectivity index (χ0n) is 22.8. The summed E-state index contributed by atoms with van der Waals surface area (Å²) < 4.78 is 18.8. The van der Waals surface area contributed by atoms with Gasteiger partial charge in [-0.05, 0) is 48.0 Å². The first-order valence-corrected chi connectivity index (χ1v) is 13.0. The lowest BCUT2D eigenvalue weighted by atomic mass is 10.1. The highest BCUT2D eigenvalue weighted by molar-refractivity contribution is 5.94. The molecule has 0 spiro atoms. The number of amides is 1. The minimum Gasteiger partial charge on any atom is -0.497 e. The molecule has 5 aromatic rings. The third-order valence-electron chi connectivity index (χ3n) is 6.58. The Bertz CT molecular complexity index is 1570. The van der Waals surface area contributed by atoms with Crippen molar-refractivity contribution < 1.29 is 19.0 Å². The van der Waals surface area contributed by atoms with Crippen LogP contribution < -0.4 is 14.2 Å². The number of benzene rings is 4. The van der Waals surface area contributed by atoms with E-state index < -0.39 is 0 Å². The Kier molecular flexibility index (Phi) is 8.11. The maximum atomic E-state index is 14.0. The number of hydrogen-bond acceptors (Lipinski definition) is 5. The molecule has 4 aromatic carbocycles. The Morgan fingerprint density at radius 2 is 1.40 bits per heavy atom. The van der Waals surface area contributed by atoms with Crippen molar-refractivity contribution in [1.29, 1.82) is 0 Å². The first-order valence-electron chi connectivity index (χ1n) is 13.0. The van der Waals surface area contributed by atoms with Crippen LogP contribution in [0.5, 0.6) is 23.1 Å². The van der Waals surface area contributed by atoms with E-state index in [1.54, 1.807) is 31.0 Å². The van der Waals surface area contributed by atoms with Crippen LogP contribution in [0.2, 0.25) is 0 Å². The molecular weight excluding hydrogens is 502 g/mol. The molecule has 202 valence electrons. The van der Waals surface area contributed by atoms with Crippen molar-refractivity contribution >= 4 is 5.91 Å². The summed E-state index contributed by atoms with van der Waals surface area (Å²) >= 11 is 0. The smallest absolute Gasteiger partial charge is 0.254 e. The van der Waals surface area contributed by atoms with Gasteiger partial charge in [0.2, 0.25) is 5.88 Å². The summed E-state index contributed by atoms with van der Waals surface area (Å²) in [5.74, 6) is 2.43. The number of carbonyl (C=O) groups excluding carboxylic acids is 1. The number of aromatic nitrogens is 2. The number of ether oxygens (including phenoxy) is 3. The molecule has 0 bridgehead atoms. The molecule has 0 unspecified atom stereocenters. The Morgan fingerprint density at radius 3 is 2.08 bits per heavy atom. The highest BCUT2D eigenvalue weighted by atomic mass is 16.5. The van der Waals surface area contributed by atoms with Gasteiger partial charge in [-0.25, -0.2) is 4.68 Å². The summed E-state index contributed by atoms with van der Waals surface area (Å²) in [6.45, 7) is 0.677. The number of hydrogen-bond donors (Lipinski definition) is 0. The molecule has 0 atom stereocenters. The van der Waals surface area contributed by atoms with Crippen LogP contribution in [0.3, 0.4) is 0 Å². The Hall–Kier alpha value is -5.04. The molecule has 7 nitrogen and oxygen atoms in total. The maximum Gasteiger partial charge on any atom is 0.254 e. The fraction of sp³-hybridized carbons (Fsp3) is 0.152. The van der Waals surface area contributed by atoms with Gasteiger partial charge < -0.3 is 19.1 Å². The van der Waals surface area contributed by atoms with Crippen LogP contribution >= 0.6 is 0 Å². The molecule has 1 aromatic heterocycles. The topological polar surface area (TPSA) is 65.8 Å². The lowest BCUT2D eigenvalue weighted by molar-refractivity contribution is 0.0729. The van der Waals surface area contributed by atoms with E-state index in [1.807, 2.05) is 109 Å². The van der Waals surface area contributed by atoms with E-state index in [9.17, 15) is 4.79 Å². The summed E-state index contributed by atoms with van der Waals surface area (Å²) in [5.41, 5.74) is 4.05. The molecule has 0 radical (unpaired) electrons. The Morgan fingerprint density at radius 1 is 0.750 bits per heavy atom. The van der Waals surface area contributed by atoms with E-state index in [1.165, 1.54) is 0 Å². The molecule has 0 aliphatic heterocycles. The predicted octanol–water partition coefficient (Wildman–Crippen LogP) is 6.74. The second kappa shape index (κ2) is 12.2. The molecule has 1 heterocycles. The van der Waals surface area contributed by atoms with Crippen molar-refractivity contribution in [3.8, 4) is 34.4 Å². The van der Waals surface area contributed by atoms with E-state index in [2.05, 4.69) is 0 Å². The highest BCUT2D eigenvalue weighted by Gasteiger charge is 2.25. The monoisotopic (exact) mass is 533 g/mol. The molecule has 0 fully saturated rings. The number of carbonyl (C=O) groups is 1. The first kappa shape index (κ1) is 26.6. The average Bonchev–Trinajstić information content (AvgIpc) is 3.31. The van der Waals surface area contributed by atoms with Gasteiger partial charge in [-0.2, -0.15) is 5.10 Å². The lowest BCUT2D eigenvalue weighted by Crippen LogP contribution is -2.30. The van der Waals surface area contributed by atoms with Gasteiger partial charge in [0.1, 0.15) is 22.9 Å². The van der Waals surface area contributed by atoms with Crippen molar-refractivity contribution in [3.63, 3.8) is 0 Å². The third kappa shape index (κ3) is 5.99. The predicted molar refractivity (Wildman–Crippen MR) is 155 cm³/mol. The van der Waals surface area contributed by atoms with Gasteiger partial charge in [0.25, 0.3) is 5.91 Å². The summed E-state index contributed by atoms with van der Waals surface area (Å²) in [6.07, 6.45) is 0. The molecule has 0 aliphatic rings. The van der Waals surface area contributed by atoms with Gasteiger partial charge in [0.05, 0.1) is 26.3 Å². The average molecular weight is 534 g/mol. The minimum absolute atomic E-state index is 0.124. The fourth-order valence-corrected chi connectivity index (χ4v) is 4.54. The van der Waals surface area contributed by atoms with E-state index in [0.717, 1.165) is 28.1 Å². The van der Waals surface area contributed by atoms with Crippen molar-refractivity contribution in [2.45, 2.75) is 13.1 Å². The fourth-order valence-electron chi connectivity index (χ4n) is 4.54. The van der Waals surface area contributed by atoms with E-state index >= 15 is 0 Å². The number of methoxy groups -OCH3 is 2. The van der Waals surface area contributed by atoms with Crippen molar-refractivity contribution in [2.75, 3.05) is 14.2 Å². The second-order valence-electron chi connectivity index (χ2n) is 9.28. The van der Waals surface area contributed by atoms with Gasteiger partial charge >= 0.3 is 0 Å². The molecule has 1 amide bonds. The molecular formula is C33H31N3O4. The van der Waals surface area contributed by atoms with E-state index in [-0.39, 0.29) is 12.5 Å². The minimum atomic E-state index is -0.124. The van der Waals surface area contributed by atoms with Crippen LogP contribution in [0.25, 0.3) is 11.3 Å². The van der Waals surface area contributed by atoms with Crippen LogP contribution in [0.15, 0.2) is 109 Å². The van der Waals surface area contributed by atoms with Crippen LogP contribution in [0.1, 0.15) is 21.5 Å². The molecule has 0 saturated carbocycles. The van der Waals surface area contributed by atoms with Gasteiger partial charge in [-0.1, -0.05) is 66.7 Å². The van der Waals surface area contributed by atoms with Gasteiger partial charge in [0, 0.05) is 24.7 Å². The molecule has 0 saturated heterocycles. The van der Waals surface area contributed by atoms with Crippen molar-refractivity contribution in [2.24, 2.45) is 7.05 Å². The maximum absolute atomic E-state index is 14.0. The summed E-state index contributed by atoms with van der Waals surface area (Å²) in [6, 6.07) is 34.5. The highest BCUT2D eigenvalue weighted by Crippen LogP contribution is 2.35. The van der Waals surface area contributed by atoms with Crippen LogP contribution in [-0.2, 0) is 20.1 Å². The normalized spacial score (nSPS) is 10.7. The largest absolute Gasteiger partial charge is 0.497 e. The van der Waals surface area contributed by atoms with Crippen molar-refractivity contribution in [1.82, 2.24) is 14.7 Å². The standard InChI is InChI=1S/C33H31N3O4/c1-35-33(40-28-19-17-27(38-2)18-20-28)30(31(34-35)25-13-8-5-9-14-25)23-36(22-24-11-6-4-7-12-24)32(37)26-15-10-16-29(21-26)39-3/h4-21H,22-23H2,1-3H3. The van der Waals surface area contributed by atoms with Crippen LogP contribution in [0, 0.1) is 0 Å². The molecule has 5 rings (SSSR count). The zero-order chi connectivity index (χ0) is 27.9. The third-order valence-corrected chi connectivity index (χ3v) is 6.58. The Labute approximate surface area is 234 Å². The quantitative estimate of drug-likeness (QED) is 0.199. The summed E-state index contributed by atoms with van der Waals surface area (Å²) in [7, 11) is 5.07. The van der Waals surface area contributed by atoms with Gasteiger partial charge in [0.15, 0.2) is 0 Å². The van der Waals surface area contributed by atoms with Gasteiger partial charge in [-0.3, -0.25) is 4.79 Å². The SMILES string of the molecule is COc1ccc(Oc2c(CN(Cc3ccccc3)C(=O)c3cccc(OC)c3)c(-c3ccccc3)nn2C)cc1. The second-order valence-corrected chi connectivity index (χ2v) is 9.28. The van der Waals surface area contributed by atoms with E-state index in [4.69, 9.17) is 19.3 Å². The Balaban J connectivity index is 1.58. The van der Waals surface area contributed by atoms with E-state index in [0.29, 0.717) is 29.5 Å². The van der Waals surface area contributed by atoms with Crippen LogP contribution in [-0.4, -0.2) is 34.8 Å². The molecule has 40 heavy (non-hydrogen) atoms. The number of nitrogens with zero attached hydrogens (tertiary/aromatic N) is 3. The number of aryl methyl sites for hydroxylation is 1. The summed E-state index contributed by atoms with van der Waals surface area (Å²) in [5, 5.41) is 4.84. The molecule has 0 N–H and O–H groups in total. The zero-order valence-corrected chi connectivity index (χ0v) is 22.8. The van der Waals surface area contributed by atoms with Gasteiger partial charge in [-0.15, -0.1) is 0 Å². The summed E-state index contributed by atoms with van der Waals surface area (Å²) in [4.78, 5) is 15.8. The van der Waals surface area contributed by atoms with Crippen LogP contribution in [0.4, 0.5) is 0 Å². The molecule has 0 aliphatic carbocycles. The lowest BCUT2D eigenvalue weighted by Gasteiger charge is -2.24. The van der Waals surface area contributed by atoms with Crippen molar-refractivity contribution in [3.05, 3.63) is 126 Å². The number of rotatable bonds is 10.